The van der Waals surface area contributed by atoms with Crippen LogP contribution in [0.1, 0.15) is 0 Å². The van der Waals surface area contributed by atoms with Crippen molar-refractivity contribution in [3.63, 3.8) is 0 Å². The van der Waals surface area contributed by atoms with Gasteiger partial charge in [-0.2, -0.15) is 0 Å². The molecule has 124 valence electrons. The van der Waals surface area contributed by atoms with Crippen LogP contribution in [0.15, 0.2) is 36.4 Å². The zero-order chi connectivity index (χ0) is 17.9. The Hall–Kier alpha value is -3.76. The van der Waals surface area contributed by atoms with E-state index in [1.807, 2.05) is 0 Å². The largest absolute Gasteiger partial charge is 0.386 e. The summed E-state index contributed by atoms with van der Waals surface area (Å²) in [5.41, 5.74) is -1.80. The van der Waals surface area contributed by atoms with Gasteiger partial charge in [0.15, 0.2) is 5.69 Å². The molecule has 2 N–H and O–H groups in total. The second-order valence-electron chi connectivity index (χ2n) is 4.55. The number of benzene rings is 2. The summed E-state index contributed by atoms with van der Waals surface area (Å²) < 4.78 is 0. The Bertz CT molecular complexity index is 802. The first-order valence-electron chi connectivity index (χ1n) is 6.50. The number of para-hydroxylation sites is 2. The van der Waals surface area contributed by atoms with Gasteiger partial charge in [-0.1, -0.05) is 12.1 Å². The van der Waals surface area contributed by atoms with E-state index < -0.39 is 37.5 Å². The van der Waals surface area contributed by atoms with Crippen molar-refractivity contribution >= 4 is 34.1 Å². The van der Waals surface area contributed by atoms with E-state index in [4.69, 9.17) is 0 Å². The van der Waals surface area contributed by atoms with Gasteiger partial charge in [0.2, 0.25) is 0 Å². The lowest BCUT2D eigenvalue weighted by Crippen LogP contribution is -2.04. The Kier molecular flexibility index (Phi) is 4.54. The molecule has 2 aromatic rings. The minimum atomic E-state index is -0.925. The van der Waals surface area contributed by atoms with E-state index in [1.54, 1.807) is 31.3 Å². The smallest absolute Gasteiger partial charge is 0.306 e. The molecule has 0 unspecified atom stereocenters. The Labute approximate surface area is 134 Å². The van der Waals surface area contributed by atoms with Crippen LogP contribution in [0.25, 0.3) is 0 Å². The first kappa shape index (κ1) is 16.6. The molecule has 0 aromatic heterocycles. The predicted molar refractivity (Wildman–Crippen MR) is 85.7 cm³/mol. The second-order valence-corrected chi connectivity index (χ2v) is 4.55. The van der Waals surface area contributed by atoms with E-state index in [2.05, 4.69) is 10.6 Å². The summed E-state index contributed by atoms with van der Waals surface area (Å²) in [6.07, 6.45) is 0. The fourth-order valence-electron chi connectivity index (χ4n) is 2.06. The maximum Gasteiger partial charge on any atom is 0.306 e. The van der Waals surface area contributed by atoms with Crippen LogP contribution in [0.3, 0.4) is 0 Å². The summed E-state index contributed by atoms with van der Waals surface area (Å²) in [5.74, 6) is 0. The normalized spacial score (nSPS) is 10.0. The Morgan fingerprint density at radius 2 is 1.33 bits per heavy atom. The van der Waals surface area contributed by atoms with Gasteiger partial charge >= 0.3 is 11.4 Å². The number of non-ortho nitro benzene ring substituents is 1. The van der Waals surface area contributed by atoms with Crippen LogP contribution in [-0.4, -0.2) is 21.8 Å². The van der Waals surface area contributed by atoms with E-state index >= 15 is 0 Å². The first-order valence-corrected chi connectivity index (χ1v) is 6.50. The van der Waals surface area contributed by atoms with Crippen LogP contribution < -0.4 is 10.6 Å². The van der Waals surface area contributed by atoms with Crippen molar-refractivity contribution in [1.29, 1.82) is 0 Å². The van der Waals surface area contributed by atoms with Gasteiger partial charge in [-0.3, -0.25) is 30.3 Å². The number of nitrogens with one attached hydrogen (secondary N) is 2. The highest BCUT2D eigenvalue weighted by Gasteiger charge is 2.31. The molecule has 0 atom stereocenters. The first-order chi connectivity index (χ1) is 11.3. The lowest BCUT2D eigenvalue weighted by atomic mass is 10.2. The molecule has 0 aliphatic heterocycles. The third-order valence-electron chi connectivity index (χ3n) is 3.14. The van der Waals surface area contributed by atoms with Crippen molar-refractivity contribution in [2.75, 3.05) is 17.7 Å². The Morgan fingerprint density at radius 3 is 1.75 bits per heavy atom. The quantitative estimate of drug-likeness (QED) is 0.603. The van der Waals surface area contributed by atoms with Crippen LogP contribution in [0.5, 0.6) is 0 Å². The zero-order valence-electron chi connectivity index (χ0n) is 12.3. The van der Waals surface area contributed by atoms with Gasteiger partial charge < -0.3 is 10.6 Å². The highest BCUT2D eigenvalue weighted by Crippen LogP contribution is 2.41. The summed E-state index contributed by atoms with van der Waals surface area (Å²) >= 11 is 0. The molecule has 0 spiro atoms. The Morgan fingerprint density at radius 1 is 0.833 bits per heavy atom. The van der Waals surface area contributed by atoms with Crippen molar-refractivity contribution in [3.8, 4) is 0 Å². The lowest BCUT2D eigenvalue weighted by Gasteiger charge is -2.12. The number of hydrogen-bond donors (Lipinski definition) is 2. The maximum absolute atomic E-state index is 11.2. The average Bonchev–Trinajstić information content (AvgIpc) is 2.54. The van der Waals surface area contributed by atoms with Crippen molar-refractivity contribution < 1.29 is 14.8 Å². The Balaban J connectivity index is 2.69. The van der Waals surface area contributed by atoms with Crippen molar-refractivity contribution in [3.05, 3.63) is 66.7 Å². The van der Waals surface area contributed by atoms with E-state index in [-0.39, 0.29) is 0 Å². The number of nitro groups is 3. The fraction of sp³-hybridized carbons (Fsp3) is 0.0769. The summed E-state index contributed by atoms with van der Waals surface area (Å²) in [6, 6.07) is 7.91. The molecular weight excluding hydrogens is 322 g/mol. The highest BCUT2D eigenvalue weighted by atomic mass is 16.6. The highest BCUT2D eigenvalue weighted by molar-refractivity contribution is 5.85. The van der Waals surface area contributed by atoms with Crippen molar-refractivity contribution in [1.82, 2.24) is 0 Å². The van der Waals surface area contributed by atoms with Crippen LogP contribution in [0.2, 0.25) is 0 Å². The summed E-state index contributed by atoms with van der Waals surface area (Å²) in [7, 11) is 1.61. The van der Waals surface area contributed by atoms with Gasteiger partial charge in [0.05, 0.1) is 38.3 Å². The summed E-state index contributed by atoms with van der Waals surface area (Å²) in [5, 5.41) is 38.7. The van der Waals surface area contributed by atoms with E-state index in [0.717, 1.165) is 0 Å². The van der Waals surface area contributed by atoms with E-state index in [0.29, 0.717) is 23.5 Å². The lowest BCUT2D eigenvalue weighted by molar-refractivity contribution is -0.401. The van der Waals surface area contributed by atoms with E-state index in [1.165, 1.54) is 0 Å². The molecule has 0 radical (unpaired) electrons. The molecular formula is C13H11N5O6. The number of anilines is 3. The zero-order valence-corrected chi connectivity index (χ0v) is 12.3. The van der Waals surface area contributed by atoms with Gasteiger partial charge in [0.25, 0.3) is 5.69 Å². The van der Waals surface area contributed by atoms with Gasteiger partial charge in [0.1, 0.15) is 0 Å². The molecule has 2 aromatic carbocycles. The van der Waals surface area contributed by atoms with Crippen LogP contribution in [-0.2, 0) is 0 Å². The molecule has 2 rings (SSSR count). The standard InChI is InChI=1S/C13H11N5O6/c1-14-9-4-2-3-5-10(9)15-13-11(17(21)22)6-8(16(19)20)7-12(13)18(23)24/h2-7,14-15H,1H3. The number of rotatable bonds is 6. The molecule has 0 aliphatic carbocycles. The summed E-state index contributed by atoms with van der Waals surface area (Å²) in [4.78, 5) is 30.5. The second kappa shape index (κ2) is 6.56. The van der Waals surface area contributed by atoms with Crippen LogP contribution >= 0.6 is 0 Å². The summed E-state index contributed by atoms with van der Waals surface area (Å²) in [6.45, 7) is 0. The van der Waals surface area contributed by atoms with Crippen molar-refractivity contribution in [2.24, 2.45) is 0 Å². The molecule has 0 aliphatic rings. The van der Waals surface area contributed by atoms with E-state index in [9.17, 15) is 30.3 Å². The van der Waals surface area contributed by atoms with Crippen LogP contribution in [0, 0.1) is 30.3 Å². The van der Waals surface area contributed by atoms with Crippen molar-refractivity contribution in [2.45, 2.75) is 0 Å². The maximum atomic E-state index is 11.2. The predicted octanol–water partition coefficient (Wildman–Crippen LogP) is 3.20. The molecule has 0 amide bonds. The topological polar surface area (TPSA) is 153 Å². The van der Waals surface area contributed by atoms with Gasteiger partial charge in [0, 0.05) is 7.05 Å². The van der Waals surface area contributed by atoms with Crippen LogP contribution in [0.4, 0.5) is 34.1 Å². The third kappa shape index (κ3) is 3.19. The van der Waals surface area contributed by atoms with Gasteiger partial charge in [-0.15, -0.1) is 0 Å². The molecule has 11 nitrogen and oxygen atoms in total. The monoisotopic (exact) mass is 333 g/mol. The minimum absolute atomic E-state index is 0.347. The fourth-order valence-corrected chi connectivity index (χ4v) is 2.06. The average molecular weight is 333 g/mol. The number of nitrogens with zero attached hydrogens (tertiary/aromatic N) is 3. The molecule has 0 saturated heterocycles. The number of nitro benzene ring substituents is 3. The molecule has 0 heterocycles. The van der Waals surface area contributed by atoms with Gasteiger partial charge in [-0.05, 0) is 12.1 Å². The number of hydrogen-bond acceptors (Lipinski definition) is 8. The molecule has 0 fully saturated rings. The molecule has 24 heavy (non-hydrogen) atoms. The minimum Gasteiger partial charge on any atom is -0.386 e. The molecule has 0 saturated carbocycles. The molecule has 11 heteroatoms. The SMILES string of the molecule is CNc1ccccc1Nc1c([N+](=O)[O-])cc([N+](=O)[O-])cc1[N+](=O)[O-]. The third-order valence-corrected chi connectivity index (χ3v) is 3.14. The van der Waals surface area contributed by atoms with Gasteiger partial charge in [-0.25, -0.2) is 0 Å². The molecule has 0 bridgehead atoms.